The van der Waals surface area contributed by atoms with Crippen molar-refractivity contribution in [1.29, 1.82) is 0 Å². The first-order valence-electron chi connectivity index (χ1n) is 10.4. The van der Waals surface area contributed by atoms with Gasteiger partial charge in [0.15, 0.2) is 12.4 Å². The second-order valence-electron chi connectivity index (χ2n) is 7.92. The van der Waals surface area contributed by atoms with Gasteiger partial charge < -0.3 is 9.64 Å². The zero-order valence-corrected chi connectivity index (χ0v) is 17.5. The van der Waals surface area contributed by atoms with Crippen molar-refractivity contribution in [1.82, 2.24) is 24.7 Å². The number of alkyl halides is 3. The molecule has 0 atom stereocenters. The number of halogens is 3. The number of carbonyl (C=O) groups is 3. The summed E-state index contributed by atoms with van der Waals surface area (Å²) < 4.78 is 45.2. The number of fused-ring (bicyclic) bond motifs is 2. The quantitative estimate of drug-likeness (QED) is 0.418. The molecule has 13 heteroatoms. The molecule has 3 aromatic rings. The highest BCUT2D eigenvalue weighted by Crippen LogP contribution is 2.29. The number of nitrogens with zero attached hydrogens (tertiary/aromatic N) is 6. The minimum atomic E-state index is -4.69. The van der Waals surface area contributed by atoms with Gasteiger partial charge in [-0.3, -0.25) is 14.4 Å². The van der Waals surface area contributed by atoms with Crippen molar-refractivity contribution < 1.29 is 32.3 Å². The molecule has 1 saturated heterocycles. The number of imide groups is 1. The number of carbonyl (C=O) groups excluding carboxylic acids is 3. The number of piperidine rings is 1. The third-order valence-electron chi connectivity index (χ3n) is 5.87. The topological polar surface area (TPSA) is 110 Å². The van der Waals surface area contributed by atoms with E-state index in [0.29, 0.717) is 36.3 Å². The summed E-state index contributed by atoms with van der Waals surface area (Å²) in [4.78, 5) is 39.9. The minimum absolute atomic E-state index is 0.0253. The molecule has 2 aliphatic rings. The first-order valence-corrected chi connectivity index (χ1v) is 10.4. The third-order valence-corrected chi connectivity index (χ3v) is 5.87. The Labute approximate surface area is 189 Å². The summed E-state index contributed by atoms with van der Waals surface area (Å²) in [6.07, 6.45) is -3.95. The smallest absolute Gasteiger partial charge is 0.443 e. The molecule has 34 heavy (non-hydrogen) atoms. The van der Waals surface area contributed by atoms with Gasteiger partial charge in [-0.1, -0.05) is 12.1 Å². The van der Waals surface area contributed by atoms with E-state index in [1.165, 1.54) is 18.2 Å². The largest absolute Gasteiger partial charge is 0.453 e. The molecule has 0 unspecified atom stereocenters. The number of benzene rings is 1. The highest BCUT2D eigenvalue weighted by Gasteiger charge is 2.38. The van der Waals surface area contributed by atoms with Crippen LogP contribution in [0.2, 0.25) is 0 Å². The fourth-order valence-electron chi connectivity index (χ4n) is 4.07. The zero-order valence-electron chi connectivity index (χ0n) is 17.5. The van der Waals surface area contributed by atoms with Crippen molar-refractivity contribution in [2.75, 3.05) is 24.7 Å². The van der Waals surface area contributed by atoms with Crippen molar-refractivity contribution in [3.05, 3.63) is 53.3 Å². The van der Waals surface area contributed by atoms with Gasteiger partial charge in [0.05, 0.1) is 17.0 Å². The maximum absolute atomic E-state index is 13.1. The van der Waals surface area contributed by atoms with E-state index in [9.17, 15) is 27.6 Å². The predicted octanol–water partition coefficient (Wildman–Crippen LogP) is 2.16. The van der Waals surface area contributed by atoms with E-state index in [0.717, 1.165) is 4.90 Å². The minimum Gasteiger partial charge on any atom is -0.443 e. The van der Waals surface area contributed by atoms with E-state index >= 15 is 0 Å². The van der Waals surface area contributed by atoms with Gasteiger partial charge in [0.1, 0.15) is 5.82 Å². The molecule has 0 bridgehead atoms. The van der Waals surface area contributed by atoms with Gasteiger partial charge in [-0.05, 0) is 37.1 Å². The summed E-state index contributed by atoms with van der Waals surface area (Å²) in [7, 11) is 0. The van der Waals surface area contributed by atoms with E-state index in [4.69, 9.17) is 4.74 Å². The van der Waals surface area contributed by atoms with Crippen molar-refractivity contribution >= 4 is 29.2 Å². The van der Waals surface area contributed by atoms with Crippen LogP contribution in [0.3, 0.4) is 0 Å². The van der Waals surface area contributed by atoms with Crippen LogP contribution >= 0.6 is 0 Å². The van der Waals surface area contributed by atoms with Gasteiger partial charge in [-0.15, -0.1) is 15.3 Å². The molecule has 4 heterocycles. The Kier molecular flexibility index (Phi) is 5.18. The van der Waals surface area contributed by atoms with Gasteiger partial charge in [0.25, 0.3) is 17.6 Å². The molecule has 10 nitrogen and oxygen atoms in total. The molecular weight excluding hydrogens is 457 g/mol. The van der Waals surface area contributed by atoms with Crippen LogP contribution in [-0.4, -0.2) is 62.3 Å². The Balaban J connectivity index is 1.19. The van der Waals surface area contributed by atoms with Crippen molar-refractivity contribution in [3.63, 3.8) is 0 Å². The molecule has 176 valence electrons. The van der Waals surface area contributed by atoms with E-state index in [1.807, 2.05) is 0 Å². The van der Waals surface area contributed by atoms with Crippen molar-refractivity contribution in [2.45, 2.75) is 19.0 Å². The molecule has 0 spiro atoms. The summed E-state index contributed by atoms with van der Waals surface area (Å²) in [6.45, 7) is 0.237. The molecule has 1 fully saturated rings. The van der Waals surface area contributed by atoms with Crippen LogP contribution in [0.25, 0.3) is 5.65 Å². The van der Waals surface area contributed by atoms with Gasteiger partial charge >= 0.3 is 12.1 Å². The lowest BCUT2D eigenvalue weighted by atomic mass is 9.97. The van der Waals surface area contributed by atoms with Gasteiger partial charge in [0, 0.05) is 13.1 Å². The molecule has 2 aliphatic heterocycles. The number of amides is 2. The zero-order chi connectivity index (χ0) is 24.0. The number of hydrogen-bond acceptors (Lipinski definition) is 8. The molecule has 1 aromatic carbocycles. The lowest BCUT2D eigenvalue weighted by molar-refractivity contribution is -0.152. The third kappa shape index (κ3) is 3.72. The van der Waals surface area contributed by atoms with Crippen molar-refractivity contribution in [3.8, 4) is 0 Å². The lowest BCUT2D eigenvalue weighted by Gasteiger charge is -2.31. The summed E-state index contributed by atoms with van der Waals surface area (Å²) in [5.41, 5.74) is 0.508. The van der Waals surface area contributed by atoms with Crippen LogP contribution < -0.4 is 4.90 Å². The SMILES string of the molecule is O=C(OCN1C(=O)c2ccccc2C1=O)C1CCN(c2ccc3nnc(C(F)(F)F)n3n2)CC1. The number of ether oxygens (including phenoxy) is 1. The van der Waals surface area contributed by atoms with Crippen LogP contribution in [0.1, 0.15) is 39.4 Å². The molecule has 0 saturated carbocycles. The second-order valence-corrected chi connectivity index (χ2v) is 7.92. The highest BCUT2D eigenvalue weighted by molar-refractivity contribution is 6.21. The fraction of sp³-hybridized carbons (Fsp3) is 0.333. The van der Waals surface area contributed by atoms with Crippen molar-refractivity contribution in [2.24, 2.45) is 5.92 Å². The Morgan fingerprint density at radius 1 is 1.00 bits per heavy atom. The standard InChI is InChI=1S/C21H17F3N6O4/c22-21(23,24)20-26-25-15-5-6-16(27-30(15)20)28-9-7-12(8-10-28)19(33)34-11-29-17(31)13-3-1-2-4-14(13)18(29)32/h1-6,12H,7-11H2. The molecule has 0 aliphatic carbocycles. The predicted molar refractivity (Wildman–Crippen MR) is 109 cm³/mol. The van der Waals surface area contributed by atoms with Crippen LogP contribution in [-0.2, 0) is 15.7 Å². The number of aromatic nitrogens is 4. The van der Waals surface area contributed by atoms with Gasteiger partial charge in [0.2, 0.25) is 0 Å². The molecule has 2 amide bonds. The summed E-state index contributed by atoms with van der Waals surface area (Å²) >= 11 is 0. The summed E-state index contributed by atoms with van der Waals surface area (Å²) in [5, 5.41) is 10.7. The molecule has 2 aromatic heterocycles. The fourth-order valence-corrected chi connectivity index (χ4v) is 4.07. The monoisotopic (exact) mass is 474 g/mol. The number of anilines is 1. The second kappa shape index (κ2) is 8.08. The first-order chi connectivity index (χ1) is 16.2. The van der Waals surface area contributed by atoms with Gasteiger partial charge in [-0.2, -0.15) is 17.7 Å². The average Bonchev–Trinajstić information content (AvgIpc) is 3.37. The number of hydrogen-bond donors (Lipinski definition) is 0. The van der Waals surface area contributed by atoms with Crippen LogP contribution in [0, 0.1) is 5.92 Å². The Morgan fingerprint density at radius 3 is 2.26 bits per heavy atom. The normalized spacial score (nSPS) is 16.9. The lowest BCUT2D eigenvalue weighted by Crippen LogP contribution is -2.39. The van der Waals surface area contributed by atoms with Crippen LogP contribution in [0.5, 0.6) is 0 Å². The molecule has 0 N–H and O–H groups in total. The van der Waals surface area contributed by atoms with E-state index in [-0.39, 0.29) is 16.8 Å². The summed E-state index contributed by atoms with van der Waals surface area (Å²) in [5.74, 6) is -2.96. The van der Waals surface area contributed by atoms with E-state index < -0.39 is 42.4 Å². The Morgan fingerprint density at radius 2 is 1.65 bits per heavy atom. The van der Waals surface area contributed by atoms with Crippen LogP contribution in [0.15, 0.2) is 36.4 Å². The first kappa shape index (κ1) is 21.8. The molecule has 5 rings (SSSR count). The van der Waals surface area contributed by atoms with Crippen LogP contribution in [0.4, 0.5) is 19.0 Å². The highest BCUT2D eigenvalue weighted by atomic mass is 19.4. The maximum atomic E-state index is 13.1. The van der Waals surface area contributed by atoms with Gasteiger partial charge in [-0.25, -0.2) is 4.90 Å². The maximum Gasteiger partial charge on any atom is 0.453 e. The average molecular weight is 474 g/mol. The van der Waals surface area contributed by atoms with E-state index in [2.05, 4.69) is 15.3 Å². The molecule has 0 radical (unpaired) electrons. The Hall–Kier alpha value is -4.03. The summed E-state index contributed by atoms with van der Waals surface area (Å²) in [6, 6.07) is 9.31. The number of rotatable bonds is 4. The van der Waals surface area contributed by atoms with E-state index in [1.54, 1.807) is 23.1 Å². The molecular formula is C21H17F3N6O4. The Bertz CT molecular complexity index is 1260. The number of esters is 1.